The minimum Gasteiger partial charge on any atom is -0.467 e. The number of fused-ring (bicyclic) bond motifs is 2. The highest BCUT2D eigenvalue weighted by Crippen LogP contribution is 2.33. The average Bonchev–Trinajstić information content (AvgIpc) is 2.76. The van der Waals surface area contributed by atoms with E-state index in [4.69, 9.17) is 14.2 Å². The van der Waals surface area contributed by atoms with Gasteiger partial charge in [0.1, 0.15) is 12.4 Å². The average molecular weight is 408 g/mol. The summed E-state index contributed by atoms with van der Waals surface area (Å²) in [5.41, 5.74) is 3.59. The molecule has 0 spiro atoms. The second-order valence-electron chi connectivity index (χ2n) is 6.97. The molecule has 0 bridgehead atoms. The largest absolute Gasteiger partial charge is 0.467 e. The molecule has 0 saturated heterocycles. The second kappa shape index (κ2) is 8.08. The minimum atomic E-state index is -0.519. The number of non-ortho nitro benzene ring substituents is 1. The van der Waals surface area contributed by atoms with Crippen LogP contribution in [0.25, 0.3) is 10.9 Å². The standard InChI is InChI=1S/C22H20N2O6/c1-3-18-20(13(2)17-6-4-5-7-19(17)23-18)22(25)29-11-15-9-16(24(26)27)8-14-10-28-12-30-21(14)15/h4-9H,3,10-12H2,1-2H3. The Labute approximate surface area is 172 Å². The Kier molecular flexibility index (Phi) is 5.33. The Morgan fingerprint density at radius 1 is 1.30 bits per heavy atom. The maximum Gasteiger partial charge on any atom is 0.340 e. The van der Waals surface area contributed by atoms with Gasteiger partial charge in [-0.15, -0.1) is 0 Å². The van der Waals surface area contributed by atoms with E-state index >= 15 is 0 Å². The van der Waals surface area contributed by atoms with Crippen molar-refractivity contribution < 1.29 is 23.9 Å². The quantitative estimate of drug-likeness (QED) is 0.354. The number of ether oxygens (including phenoxy) is 3. The van der Waals surface area contributed by atoms with Crippen LogP contribution in [-0.4, -0.2) is 22.7 Å². The number of esters is 1. The molecule has 1 aliphatic rings. The zero-order chi connectivity index (χ0) is 21.3. The number of aromatic nitrogens is 1. The zero-order valence-electron chi connectivity index (χ0n) is 16.6. The molecule has 1 aliphatic heterocycles. The molecule has 8 heteroatoms. The summed E-state index contributed by atoms with van der Waals surface area (Å²) in [7, 11) is 0. The summed E-state index contributed by atoms with van der Waals surface area (Å²) in [6.45, 7) is 3.89. The number of hydrogen-bond donors (Lipinski definition) is 0. The van der Waals surface area contributed by atoms with Crippen LogP contribution in [0.5, 0.6) is 5.75 Å². The number of rotatable bonds is 5. The van der Waals surface area contributed by atoms with E-state index < -0.39 is 10.9 Å². The molecule has 8 nitrogen and oxygen atoms in total. The van der Waals surface area contributed by atoms with E-state index in [2.05, 4.69) is 4.98 Å². The van der Waals surface area contributed by atoms with Gasteiger partial charge in [-0.05, 0) is 25.0 Å². The lowest BCUT2D eigenvalue weighted by molar-refractivity contribution is -0.385. The third kappa shape index (κ3) is 3.57. The molecule has 0 unspecified atom stereocenters. The number of benzene rings is 2. The first-order chi connectivity index (χ1) is 14.5. The number of nitro benzene ring substituents is 1. The van der Waals surface area contributed by atoms with Gasteiger partial charge in [0.25, 0.3) is 5.69 Å². The molecule has 3 aromatic rings. The van der Waals surface area contributed by atoms with Gasteiger partial charge in [0, 0.05) is 28.6 Å². The van der Waals surface area contributed by atoms with Gasteiger partial charge in [-0.2, -0.15) is 0 Å². The van der Waals surface area contributed by atoms with Crippen molar-refractivity contribution in [2.75, 3.05) is 6.79 Å². The summed E-state index contributed by atoms with van der Waals surface area (Å²) in [4.78, 5) is 28.4. The fraction of sp³-hybridized carbons (Fsp3) is 0.273. The van der Waals surface area contributed by atoms with E-state index in [0.717, 1.165) is 16.5 Å². The van der Waals surface area contributed by atoms with E-state index in [1.165, 1.54) is 12.1 Å². The molecule has 0 amide bonds. The maximum absolute atomic E-state index is 13.0. The van der Waals surface area contributed by atoms with E-state index in [0.29, 0.717) is 34.6 Å². The van der Waals surface area contributed by atoms with E-state index in [9.17, 15) is 14.9 Å². The Hall–Kier alpha value is -3.52. The van der Waals surface area contributed by atoms with Crippen molar-refractivity contribution in [2.45, 2.75) is 33.5 Å². The Morgan fingerprint density at radius 2 is 2.10 bits per heavy atom. The number of hydrogen-bond acceptors (Lipinski definition) is 7. The zero-order valence-corrected chi connectivity index (χ0v) is 16.6. The maximum atomic E-state index is 13.0. The molecule has 0 fully saturated rings. The van der Waals surface area contributed by atoms with Crippen LogP contribution < -0.4 is 4.74 Å². The molecule has 2 heterocycles. The number of carbonyl (C=O) groups excluding carboxylic acids is 1. The SMILES string of the molecule is CCc1nc2ccccc2c(C)c1C(=O)OCc1cc([N+](=O)[O-])cc2c1OCOC2. The molecule has 0 aliphatic carbocycles. The van der Waals surface area contributed by atoms with Crippen LogP contribution in [0.2, 0.25) is 0 Å². The first-order valence-corrected chi connectivity index (χ1v) is 9.55. The van der Waals surface area contributed by atoms with Crippen molar-refractivity contribution in [2.24, 2.45) is 0 Å². The number of aryl methyl sites for hydroxylation is 2. The summed E-state index contributed by atoms with van der Waals surface area (Å²) >= 11 is 0. The van der Waals surface area contributed by atoms with Gasteiger partial charge in [0.15, 0.2) is 6.79 Å². The molecular weight excluding hydrogens is 388 g/mol. The molecule has 2 aromatic carbocycles. The highest BCUT2D eigenvalue weighted by Gasteiger charge is 2.24. The normalized spacial score (nSPS) is 12.9. The molecule has 1 aromatic heterocycles. The van der Waals surface area contributed by atoms with Crippen LogP contribution in [0.4, 0.5) is 5.69 Å². The monoisotopic (exact) mass is 408 g/mol. The third-order valence-corrected chi connectivity index (χ3v) is 5.11. The molecule has 0 radical (unpaired) electrons. The lowest BCUT2D eigenvalue weighted by Gasteiger charge is -2.20. The van der Waals surface area contributed by atoms with Crippen molar-refractivity contribution >= 4 is 22.6 Å². The van der Waals surface area contributed by atoms with Gasteiger partial charge >= 0.3 is 5.97 Å². The van der Waals surface area contributed by atoms with Gasteiger partial charge in [0.05, 0.1) is 28.3 Å². The van der Waals surface area contributed by atoms with Crippen molar-refractivity contribution in [3.8, 4) is 5.75 Å². The first kappa shape index (κ1) is 19.8. The van der Waals surface area contributed by atoms with Crippen LogP contribution in [0.3, 0.4) is 0 Å². The predicted molar refractivity (Wildman–Crippen MR) is 108 cm³/mol. The van der Waals surface area contributed by atoms with Crippen LogP contribution in [0.15, 0.2) is 36.4 Å². The summed E-state index contributed by atoms with van der Waals surface area (Å²) in [6.07, 6.45) is 0.572. The number of nitro groups is 1. The van der Waals surface area contributed by atoms with Gasteiger partial charge in [-0.3, -0.25) is 15.1 Å². The van der Waals surface area contributed by atoms with Crippen LogP contribution in [-0.2, 0) is 29.1 Å². The van der Waals surface area contributed by atoms with E-state index in [1.807, 2.05) is 38.1 Å². The molecule has 154 valence electrons. The number of para-hydroxylation sites is 1. The third-order valence-electron chi connectivity index (χ3n) is 5.11. The highest BCUT2D eigenvalue weighted by molar-refractivity contribution is 5.98. The van der Waals surface area contributed by atoms with Crippen LogP contribution in [0.1, 0.15) is 39.7 Å². The lowest BCUT2D eigenvalue weighted by atomic mass is 10.0. The highest BCUT2D eigenvalue weighted by atomic mass is 16.7. The summed E-state index contributed by atoms with van der Waals surface area (Å²) in [6, 6.07) is 10.4. The molecule has 30 heavy (non-hydrogen) atoms. The van der Waals surface area contributed by atoms with Crippen molar-refractivity contribution in [1.82, 2.24) is 4.98 Å². The fourth-order valence-electron chi connectivity index (χ4n) is 3.68. The lowest BCUT2D eigenvalue weighted by Crippen LogP contribution is -2.16. The number of nitrogens with zero attached hydrogens (tertiary/aromatic N) is 2. The molecule has 4 rings (SSSR count). The fourth-order valence-corrected chi connectivity index (χ4v) is 3.68. The van der Waals surface area contributed by atoms with Crippen LogP contribution in [0, 0.1) is 17.0 Å². The van der Waals surface area contributed by atoms with Gasteiger partial charge in [0.2, 0.25) is 0 Å². The number of pyridine rings is 1. The second-order valence-corrected chi connectivity index (χ2v) is 6.97. The first-order valence-electron chi connectivity index (χ1n) is 9.55. The topological polar surface area (TPSA) is 101 Å². The van der Waals surface area contributed by atoms with E-state index in [-0.39, 0.29) is 25.7 Å². The van der Waals surface area contributed by atoms with E-state index in [1.54, 1.807) is 0 Å². The van der Waals surface area contributed by atoms with Gasteiger partial charge < -0.3 is 14.2 Å². The summed E-state index contributed by atoms with van der Waals surface area (Å²) < 4.78 is 16.3. The summed E-state index contributed by atoms with van der Waals surface area (Å²) in [5.74, 6) is -0.0568. The Balaban J connectivity index is 1.67. The van der Waals surface area contributed by atoms with Gasteiger partial charge in [-0.25, -0.2) is 4.79 Å². The Bertz CT molecular complexity index is 1160. The molecule has 0 N–H and O–H groups in total. The molecule has 0 atom stereocenters. The minimum absolute atomic E-state index is 0.0411. The predicted octanol–water partition coefficient (Wildman–Crippen LogP) is 4.24. The van der Waals surface area contributed by atoms with Crippen molar-refractivity contribution in [3.05, 3.63) is 74.5 Å². The molecular formula is C22H20N2O6. The van der Waals surface area contributed by atoms with Gasteiger partial charge in [-0.1, -0.05) is 25.1 Å². The number of carbonyl (C=O) groups is 1. The Morgan fingerprint density at radius 3 is 2.87 bits per heavy atom. The van der Waals surface area contributed by atoms with Crippen LogP contribution >= 0.6 is 0 Å². The smallest absolute Gasteiger partial charge is 0.340 e. The van der Waals surface area contributed by atoms with Crippen molar-refractivity contribution in [3.63, 3.8) is 0 Å². The molecule has 0 saturated carbocycles. The summed E-state index contributed by atoms with van der Waals surface area (Å²) in [5, 5.41) is 12.1. The van der Waals surface area contributed by atoms with Crippen molar-refractivity contribution in [1.29, 1.82) is 0 Å².